The molecule has 1 heterocycles. The number of nitrogens with zero attached hydrogens (tertiary/aromatic N) is 2. The Morgan fingerprint density at radius 1 is 1.02 bits per heavy atom. The zero-order chi connectivity index (χ0) is 29.4. The number of nitrogens with one attached hydrogen (secondary N) is 2. The van der Waals surface area contributed by atoms with Crippen LogP contribution in [0.1, 0.15) is 75.3 Å². The molecule has 0 aromatic heterocycles. The summed E-state index contributed by atoms with van der Waals surface area (Å²) in [6.45, 7) is 7.55. The van der Waals surface area contributed by atoms with E-state index < -0.39 is 53.4 Å². The Morgan fingerprint density at radius 2 is 1.62 bits per heavy atom. The molecule has 0 spiro atoms. The maximum Gasteiger partial charge on any atom is 0.409 e. The zero-order valence-electron chi connectivity index (χ0n) is 23.4. The van der Waals surface area contributed by atoms with Gasteiger partial charge < -0.3 is 15.3 Å². The number of Topliss-reactive ketones (excluding diaryl/α,β-unsaturated/α-hetero) is 1. The van der Waals surface area contributed by atoms with Gasteiger partial charge in [-0.3, -0.25) is 24.6 Å². The SMILES string of the molecule is CCCC[C@@H](C(=O)C(=O)NC(C)c1ccccc1)N(C(=O)O)C1CC(C)(C)CN1C(=O)NC(=O)c1ccccc1. The lowest BCUT2D eigenvalue weighted by Gasteiger charge is -2.37. The van der Waals surface area contributed by atoms with Crippen LogP contribution in [0.3, 0.4) is 0 Å². The van der Waals surface area contributed by atoms with Crippen molar-refractivity contribution in [2.75, 3.05) is 6.54 Å². The molecule has 3 N–H and O–H groups in total. The van der Waals surface area contributed by atoms with Gasteiger partial charge in [0.15, 0.2) is 0 Å². The minimum Gasteiger partial charge on any atom is -0.465 e. The molecule has 1 aliphatic rings. The van der Waals surface area contributed by atoms with Crippen LogP contribution in [-0.4, -0.2) is 63.4 Å². The zero-order valence-corrected chi connectivity index (χ0v) is 23.4. The quantitative estimate of drug-likeness (QED) is 0.371. The van der Waals surface area contributed by atoms with Gasteiger partial charge in [-0.25, -0.2) is 9.59 Å². The van der Waals surface area contributed by atoms with E-state index in [0.29, 0.717) is 12.8 Å². The molecule has 214 valence electrons. The van der Waals surface area contributed by atoms with E-state index in [2.05, 4.69) is 10.6 Å². The number of rotatable bonds is 10. The molecule has 10 nitrogen and oxygen atoms in total. The number of carbonyl (C=O) groups is 5. The highest BCUT2D eigenvalue weighted by atomic mass is 16.4. The second-order valence-electron chi connectivity index (χ2n) is 10.9. The predicted molar refractivity (Wildman–Crippen MR) is 149 cm³/mol. The fourth-order valence-electron chi connectivity index (χ4n) is 5.03. The summed E-state index contributed by atoms with van der Waals surface area (Å²) in [5, 5.41) is 15.4. The number of benzene rings is 2. The smallest absolute Gasteiger partial charge is 0.409 e. The van der Waals surface area contributed by atoms with Gasteiger partial charge in [0.2, 0.25) is 5.78 Å². The summed E-state index contributed by atoms with van der Waals surface area (Å²) in [6.07, 6.45) is -0.967. The molecule has 40 heavy (non-hydrogen) atoms. The van der Waals surface area contributed by atoms with Gasteiger partial charge in [-0.2, -0.15) is 0 Å². The van der Waals surface area contributed by atoms with Gasteiger partial charge in [-0.15, -0.1) is 0 Å². The second kappa shape index (κ2) is 13.2. The Kier molecular flexibility index (Phi) is 10.0. The van der Waals surface area contributed by atoms with Gasteiger partial charge in [-0.05, 0) is 42.9 Å². The Hall–Kier alpha value is -4.21. The Morgan fingerprint density at radius 3 is 2.20 bits per heavy atom. The predicted octanol–water partition coefficient (Wildman–Crippen LogP) is 4.58. The number of unbranched alkanes of at least 4 members (excludes halogenated alkanes) is 1. The molecule has 3 rings (SSSR count). The molecule has 0 saturated carbocycles. The number of carboxylic acid groups (broad SMARTS) is 1. The molecule has 1 aliphatic heterocycles. The summed E-state index contributed by atoms with van der Waals surface area (Å²) in [6, 6.07) is 14.8. The summed E-state index contributed by atoms with van der Waals surface area (Å²) in [5.41, 5.74) is 0.571. The third-order valence-corrected chi connectivity index (χ3v) is 7.09. The van der Waals surface area contributed by atoms with E-state index in [9.17, 15) is 29.1 Å². The van der Waals surface area contributed by atoms with E-state index in [0.717, 1.165) is 10.5 Å². The van der Waals surface area contributed by atoms with Crippen LogP contribution in [0.4, 0.5) is 9.59 Å². The molecule has 5 amide bonds. The van der Waals surface area contributed by atoms with Gasteiger partial charge >= 0.3 is 12.1 Å². The summed E-state index contributed by atoms with van der Waals surface area (Å²) in [7, 11) is 0. The van der Waals surface area contributed by atoms with Crippen LogP contribution in [0.5, 0.6) is 0 Å². The normalized spacial score (nSPS) is 17.4. The highest BCUT2D eigenvalue weighted by Crippen LogP contribution is 2.37. The van der Waals surface area contributed by atoms with Crippen LogP contribution >= 0.6 is 0 Å². The van der Waals surface area contributed by atoms with Crippen molar-refractivity contribution >= 4 is 29.7 Å². The van der Waals surface area contributed by atoms with Crippen LogP contribution in [0.2, 0.25) is 0 Å². The Bertz CT molecular complexity index is 1220. The van der Waals surface area contributed by atoms with E-state index in [4.69, 9.17) is 0 Å². The third-order valence-electron chi connectivity index (χ3n) is 7.09. The van der Waals surface area contributed by atoms with Crippen molar-refractivity contribution in [2.45, 2.75) is 71.6 Å². The van der Waals surface area contributed by atoms with Crippen LogP contribution < -0.4 is 10.6 Å². The summed E-state index contributed by atoms with van der Waals surface area (Å²) in [4.78, 5) is 67.5. The standard InChI is InChI=1S/C30H38N4O6/c1-5-6-17-23(25(35)27(37)31-20(2)21-13-9-7-10-14-21)34(29(39)40)24-18-30(3,4)19-33(24)28(38)32-26(36)22-15-11-8-12-16-22/h7-16,20,23-24H,5-6,17-19H2,1-4H3,(H,31,37)(H,39,40)(H,32,36,38)/t20?,23-,24?/m0/s1. The largest absolute Gasteiger partial charge is 0.465 e. The first kappa shape index (κ1) is 30.3. The molecule has 0 bridgehead atoms. The maximum atomic E-state index is 13.5. The fraction of sp³-hybridized carbons (Fsp3) is 0.433. The average molecular weight is 551 g/mol. The van der Waals surface area contributed by atoms with Crippen molar-refractivity contribution in [1.29, 1.82) is 0 Å². The van der Waals surface area contributed by atoms with Gasteiger partial charge in [0.1, 0.15) is 12.2 Å². The molecule has 1 fully saturated rings. The molecule has 0 aliphatic carbocycles. The van der Waals surface area contributed by atoms with Crippen molar-refractivity contribution in [3.63, 3.8) is 0 Å². The molecule has 0 radical (unpaired) electrons. The van der Waals surface area contributed by atoms with Crippen molar-refractivity contribution in [2.24, 2.45) is 5.41 Å². The number of amides is 5. The van der Waals surface area contributed by atoms with Gasteiger partial charge in [0.25, 0.3) is 11.8 Å². The molecule has 3 atom stereocenters. The Balaban J connectivity index is 1.87. The van der Waals surface area contributed by atoms with Crippen molar-refractivity contribution in [3.8, 4) is 0 Å². The first-order valence-electron chi connectivity index (χ1n) is 13.5. The lowest BCUT2D eigenvalue weighted by atomic mass is 9.91. The minimum absolute atomic E-state index is 0.115. The monoisotopic (exact) mass is 550 g/mol. The van der Waals surface area contributed by atoms with Crippen molar-refractivity contribution < 1.29 is 29.1 Å². The number of hydrogen-bond acceptors (Lipinski definition) is 5. The van der Waals surface area contributed by atoms with Gasteiger partial charge in [0.05, 0.1) is 6.04 Å². The number of hydrogen-bond donors (Lipinski definition) is 3. The molecule has 1 saturated heterocycles. The number of imide groups is 1. The average Bonchev–Trinajstić information content (AvgIpc) is 3.25. The lowest BCUT2D eigenvalue weighted by molar-refractivity contribution is -0.142. The van der Waals surface area contributed by atoms with Crippen LogP contribution in [-0.2, 0) is 9.59 Å². The first-order chi connectivity index (χ1) is 18.9. The van der Waals surface area contributed by atoms with Crippen LogP contribution in [0.25, 0.3) is 0 Å². The highest BCUT2D eigenvalue weighted by molar-refractivity contribution is 6.38. The lowest BCUT2D eigenvalue weighted by Crippen LogP contribution is -2.59. The number of ketones is 1. The number of carbonyl (C=O) groups excluding carboxylic acids is 4. The topological polar surface area (TPSA) is 136 Å². The third kappa shape index (κ3) is 7.46. The second-order valence-corrected chi connectivity index (χ2v) is 10.9. The summed E-state index contributed by atoms with van der Waals surface area (Å²) >= 11 is 0. The van der Waals surface area contributed by atoms with E-state index >= 15 is 0 Å². The van der Waals surface area contributed by atoms with Crippen LogP contribution in [0, 0.1) is 5.41 Å². The summed E-state index contributed by atoms with van der Waals surface area (Å²) < 4.78 is 0. The van der Waals surface area contributed by atoms with E-state index in [1.54, 1.807) is 37.3 Å². The molecular formula is C30H38N4O6. The number of likely N-dealkylation sites (tertiary alicyclic amines) is 1. The molecule has 2 aromatic rings. The first-order valence-corrected chi connectivity index (χ1v) is 13.5. The van der Waals surface area contributed by atoms with Gasteiger partial charge in [-0.1, -0.05) is 82.1 Å². The molecule has 2 unspecified atom stereocenters. The maximum absolute atomic E-state index is 13.5. The summed E-state index contributed by atoms with van der Waals surface area (Å²) in [5.74, 6) is -2.40. The van der Waals surface area contributed by atoms with Crippen molar-refractivity contribution in [1.82, 2.24) is 20.4 Å². The van der Waals surface area contributed by atoms with Gasteiger partial charge in [0, 0.05) is 12.1 Å². The van der Waals surface area contributed by atoms with E-state index in [-0.39, 0.29) is 24.9 Å². The van der Waals surface area contributed by atoms with Crippen molar-refractivity contribution in [3.05, 3.63) is 71.8 Å². The highest BCUT2D eigenvalue weighted by Gasteiger charge is 2.48. The Labute approximate surface area is 234 Å². The van der Waals surface area contributed by atoms with E-state index in [1.807, 2.05) is 51.1 Å². The molecule has 10 heteroatoms. The van der Waals surface area contributed by atoms with Crippen LogP contribution in [0.15, 0.2) is 60.7 Å². The minimum atomic E-state index is -1.42. The fourth-order valence-corrected chi connectivity index (χ4v) is 5.03. The van der Waals surface area contributed by atoms with E-state index in [1.165, 1.54) is 4.90 Å². The molecular weight excluding hydrogens is 512 g/mol. The number of urea groups is 1. The molecule has 2 aromatic carbocycles.